The van der Waals surface area contributed by atoms with E-state index in [9.17, 15) is 14.4 Å². The second-order valence-corrected chi connectivity index (χ2v) is 7.70. The van der Waals surface area contributed by atoms with E-state index in [2.05, 4.69) is 5.43 Å². The summed E-state index contributed by atoms with van der Waals surface area (Å²) in [6.45, 7) is 10.3. The number of carbonyl (C=O) groups excluding carboxylic acids is 3. The van der Waals surface area contributed by atoms with Crippen molar-refractivity contribution in [3.8, 4) is 0 Å². The maximum Gasteiger partial charge on any atom is 0.434 e. The van der Waals surface area contributed by atoms with E-state index < -0.39 is 23.4 Å². The first-order valence-electron chi connectivity index (χ1n) is 6.98. The molecule has 0 aliphatic heterocycles. The van der Waals surface area contributed by atoms with Gasteiger partial charge in [0.1, 0.15) is 11.2 Å². The van der Waals surface area contributed by atoms with Crippen molar-refractivity contribution < 1.29 is 23.9 Å². The lowest BCUT2D eigenvalue weighted by Gasteiger charge is -2.28. The molecule has 0 aliphatic carbocycles. The van der Waals surface area contributed by atoms with Gasteiger partial charge in [-0.2, -0.15) is 5.01 Å². The molecule has 1 N–H and O–H groups in total. The van der Waals surface area contributed by atoms with E-state index in [-0.39, 0.29) is 0 Å². The summed E-state index contributed by atoms with van der Waals surface area (Å²) in [6, 6.07) is 1.47. The first-order valence-corrected chi connectivity index (χ1v) is 7.86. The Morgan fingerprint density at radius 3 is 2.13 bits per heavy atom. The van der Waals surface area contributed by atoms with Crippen LogP contribution in [0.15, 0.2) is 11.4 Å². The molecule has 0 radical (unpaired) electrons. The molecule has 0 atom stereocenters. The number of thiophene rings is 1. The lowest BCUT2D eigenvalue weighted by Crippen LogP contribution is -2.50. The summed E-state index contributed by atoms with van der Waals surface area (Å²) in [4.78, 5) is 35.5. The number of hydrogen-bond donors (Lipinski definition) is 1. The van der Waals surface area contributed by atoms with Crippen LogP contribution in [0.4, 0.5) is 15.3 Å². The summed E-state index contributed by atoms with van der Waals surface area (Å²) in [5, 5.41) is 2.48. The van der Waals surface area contributed by atoms with Gasteiger partial charge >= 0.3 is 12.2 Å². The molecule has 7 nitrogen and oxygen atoms in total. The lowest BCUT2D eigenvalue weighted by atomic mass is 10.2. The van der Waals surface area contributed by atoms with Crippen molar-refractivity contribution in [3.63, 3.8) is 0 Å². The SMILES string of the molecule is CC(C)(C)OC(=O)NN(C(=O)OC(C)(C)C)c1csc(C=O)c1. The van der Waals surface area contributed by atoms with Crippen molar-refractivity contribution in [2.45, 2.75) is 52.7 Å². The highest BCUT2D eigenvalue weighted by atomic mass is 32.1. The molecule has 1 rings (SSSR count). The van der Waals surface area contributed by atoms with Crippen LogP contribution in [-0.4, -0.2) is 29.7 Å². The Hall–Kier alpha value is -2.09. The van der Waals surface area contributed by atoms with Gasteiger partial charge in [-0.3, -0.25) is 4.79 Å². The molecule has 0 saturated heterocycles. The second kappa shape index (κ2) is 6.99. The van der Waals surface area contributed by atoms with Crippen molar-refractivity contribution in [1.29, 1.82) is 0 Å². The van der Waals surface area contributed by atoms with E-state index >= 15 is 0 Å². The van der Waals surface area contributed by atoms with Gasteiger partial charge < -0.3 is 9.47 Å². The van der Waals surface area contributed by atoms with Gasteiger partial charge in [0.2, 0.25) is 0 Å². The molecule has 0 unspecified atom stereocenters. The zero-order valence-electron chi connectivity index (χ0n) is 14.1. The van der Waals surface area contributed by atoms with Gasteiger partial charge in [-0.05, 0) is 47.6 Å². The first-order chi connectivity index (χ1) is 10.4. The van der Waals surface area contributed by atoms with E-state index in [0.717, 1.165) is 16.3 Å². The standard InChI is InChI=1S/C15H22N2O5S/c1-14(2,3)21-12(19)16-17(13(20)22-15(4,5)6)10-7-11(8-18)23-9-10/h7-9H,1-6H3,(H,16,19). The number of amides is 2. The van der Waals surface area contributed by atoms with Gasteiger partial charge in [0.05, 0.1) is 10.6 Å². The number of carbonyl (C=O) groups is 3. The largest absolute Gasteiger partial charge is 0.443 e. The van der Waals surface area contributed by atoms with Gasteiger partial charge in [-0.15, -0.1) is 11.3 Å². The topological polar surface area (TPSA) is 84.9 Å². The number of nitrogens with one attached hydrogen (secondary N) is 1. The quantitative estimate of drug-likeness (QED) is 0.653. The molecule has 23 heavy (non-hydrogen) atoms. The Morgan fingerprint density at radius 2 is 1.70 bits per heavy atom. The summed E-state index contributed by atoms with van der Waals surface area (Å²) in [5.41, 5.74) is 1.20. The summed E-state index contributed by atoms with van der Waals surface area (Å²) >= 11 is 1.14. The minimum atomic E-state index is -0.804. The van der Waals surface area contributed by atoms with Crippen LogP contribution in [-0.2, 0) is 9.47 Å². The maximum atomic E-state index is 12.3. The highest BCUT2D eigenvalue weighted by Crippen LogP contribution is 2.23. The predicted octanol–water partition coefficient (Wildman–Crippen LogP) is 3.74. The molecular weight excluding hydrogens is 320 g/mol. The number of hydrogen-bond acceptors (Lipinski definition) is 6. The van der Waals surface area contributed by atoms with Gasteiger partial charge in [-0.1, -0.05) is 0 Å². The minimum Gasteiger partial charge on any atom is -0.443 e. The summed E-state index contributed by atoms with van der Waals surface area (Å²) in [6.07, 6.45) is -0.921. The minimum absolute atomic E-state index is 0.317. The zero-order chi connectivity index (χ0) is 17.8. The highest BCUT2D eigenvalue weighted by molar-refractivity contribution is 7.12. The van der Waals surface area contributed by atoms with Crippen LogP contribution in [0.25, 0.3) is 0 Å². The van der Waals surface area contributed by atoms with E-state index in [0.29, 0.717) is 16.9 Å². The van der Waals surface area contributed by atoms with E-state index in [1.807, 2.05) is 0 Å². The molecule has 0 saturated carbocycles. The summed E-state index contributed by atoms with van der Waals surface area (Å²) < 4.78 is 10.4. The number of ether oxygens (including phenoxy) is 2. The van der Waals surface area contributed by atoms with E-state index in [1.165, 1.54) is 6.07 Å². The number of rotatable bonds is 2. The molecule has 0 aromatic carbocycles. The van der Waals surface area contributed by atoms with Gasteiger partial charge in [0, 0.05) is 5.38 Å². The Labute approximate surface area is 139 Å². The van der Waals surface area contributed by atoms with Crippen molar-refractivity contribution in [3.05, 3.63) is 16.3 Å². The Bertz CT molecular complexity index is 583. The van der Waals surface area contributed by atoms with Crippen LogP contribution < -0.4 is 10.4 Å². The Balaban J connectivity index is 2.99. The van der Waals surface area contributed by atoms with Crippen LogP contribution >= 0.6 is 11.3 Å². The average Bonchev–Trinajstić information content (AvgIpc) is 2.79. The molecule has 2 amide bonds. The van der Waals surface area contributed by atoms with Crippen molar-refractivity contribution in [2.24, 2.45) is 0 Å². The van der Waals surface area contributed by atoms with E-state index in [1.54, 1.807) is 46.9 Å². The van der Waals surface area contributed by atoms with Crippen molar-refractivity contribution in [2.75, 3.05) is 5.01 Å². The molecule has 0 bridgehead atoms. The molecule has 8 heteroatoms. The molecule has 128 valence electrons. The Morgan fingerprint density at radius 1 is 1.13 bits per heavy atom. The fourth-order valence-electron chi connectivity index (χ4n) is 1.44. The third-order valence-corrected chi connectivity index (χ3v) is 3.00. The fourth-order valence-corrected chi connectivity index (χ4v) is 2.11. The van der Waals surface area contributed by atoms with Crippen LogP contribution in [0, 0.1) is 0 Å². The molecule has 0 spiro atoms. The highest BCUT2D eigenvalue weighted by Gasteiger charge is 2.27. The van der Waals surface area contributed by atoms with Crippen molar-refractivity contribution >= 4 is 35.5 Å². The predicted molar refractivity (Wildman–Crippen MR) is 87.8 cm³/mol. The number of anilines is 1. The molecule has 1 aromatic heterocycles. The molecular formula is C15H22N2O5S. The average molecular weight is 342 g/mol. The number of hydrazine groups is 1. The van der Waals surface area contributed by atoms with Crippen LogP contribution in [0.5, 0.6) is 0 Å². The molecule has 1 aromatic rings. The summed E-state index contributed by atoms with van der Waals surface area (Å²) in [7, 11) is 0. The van der Waals surface area contributed by atoms with Crippen LogP contribution in [0.2, 0.25) is 0 Å². The van der Waals surface area contributed by atoms with E-state index in [4.69, 9.17) is 9.47 Å². The third kappa shape index (κ3) is 6.68. The van der Waals surface area contributed by atoms with Crippen molar-refractivity contribution in [1.82, 2.24) is 5.43 Å². The Kier molecular flexibility index (Phi) is 5.76. The van der Waals surface area contributed by atoms with Crippen LogP contribution in [0.3, 0.4) is 0 Å². The molecule has 1 heterocycles. The van der Waals surface area contributed by atoms with Gasteiger partial charge in [0.25, 0.3) is 0 Å². The zero-order valence-corrected chi connectivity index (χ0v) is 14.9. The van der Waals surface area contributed by atoms with Gasteiger partial charge in [0.15, 0.2) is 6.29 Å². The number of nitrogens with zero attached hydrogens (tertiary/aromatic N) is 1. The maximum absolute atomic E-state index is 12.3. The van der Waals surface area contributed by atoms with Gasteiger partial charge in [-0.25, -0.2) is 15.0 Å². The normalized spacial score (nSPS) is 11.6. The fraction of sp³-hybridized carbons (Fsp3) is 0.533. The monoisotopic (exact) mass is 342 g/mol. The second-order valence-electron chi connectivity index (χ2n) is 6.75. The molecule has 0 fully saturated rings. The molecule has 0 aliphatic rings. The van der Waals surface area contributed by atoms with Crippen LogP contribution in [0.1, 0.15) is 51.2 Å². The summed E-state index contributed by atoms with van der Waals surface area (Å²) in [5.74, 6) is 0. The first kappa shape index (κ1) is 19.0. The lowest BCUT2D eigenvalue weighted by molar-refractivity contribution is 0.0425. The third-order valence-electron chi connectivity index (χ3n) is 2.16. The number of aldehydes is 1. The smallest absolute Gasteiger partial charge is 0.434 e.